The van der Waals surface area contributed by atoms with Crippen molar-refractivity contribution in [3.63, 3.8) is 0 Å². The molecule has 48 valence electrons. The van der Waals surface area contributed by atoms with E-state index >= 15 is 0 Å². The summed E-state index contributed by atoms with van der Waals surface area (Å²) in [4.78, 5) is 4.49. The molecule has 0 fully saturated rings. The number of hydrogen-bond donors (Lipinski definition) is 0. The number of rotatable bonds is 0. The summed E-state index contributed by atoms with van der Waals surface area (Å²) < 4.78 is 0. The molecule has 1 aliphatic heterocycles. The van der Waals surface area contributed by atoms with Gasteiger partial charge in [0.1, 0.15) is 11.4 Å². The van der Waals surface area contributed by atoms with Gasteiger partial charge in [-0.3, -0.25) is 4.98 Å². The minimum Gasteiger partial charge on any atom is -0.251 e. The largest absolute Gasteiger partial charge is 0.251 e. The third-order valence-corrected chi connectivity index (χ3v) is 1.51. The second kappa shape index (κ2) is 1.91. The van der Waals surface area contributed by atoms with E-state index in [0.29, 0.717) is 4.99 Å². The minimum atomic E-state index is 0.482. The molecule has 0 bridgehead atoms. The maximum atomic E-state index is 4.85. The van der Waals surface area contributed by atoms with Gasteiger partial charge >= 0.3 is 0 Å². The van der Waals surface area contributed by atoms with Crippen molar-refractivity contribution in [3.8, 4) is 0 Å². The van der Waals surface area contributed by atoms with Crippen LogP contribution in [0.1, 0.15) is 5.69 Å². The summed E-state index contributed by atoms with van der Waals surface area (Å²) >= 11 is 4.85. The maximum Gasteiger partial charge on any atom is 0.176 e. The van der Waals surface area contributed by atoms with Gasteiger partial charge in [0.25, 0.3) is 0 Å². The van der Waals surface area contributed by atoms with Crippen LogP contribution in [0.5, 0.6) is 0 Å². The smallest absolute Gasteiger partial charge is 0.176 e. The Morgan fingerprint density at radius 2 is 2.20 bits per heavy atom. The molecule has 2 rings (SSSR count). The van der Waals surface area contributed by atoms with Crippen LogP contribution in [0.3, 0.4) is 0 Å². The summed E-state index contributed by atoms with van der Waals surface area (Å²) in [5, 5.41) is 7.50. The molecule has 0 spiro atoms. The molecule has 2 heterocycles. The van der Waals surface area contributed by atoms with Crippen molar-refractivity contribution >= 4 is 22.9 Å². The molecule has 0 aromatic carbocycles. The number of thiocarbonyl (C=S) groups is 1. The Morgan fingerprint density at radius 3 is 3.00 bits per heavy atom. The van der Waals surface area contributed by atoms with E-state index in [-0.39, 0.29) is 0 Å². The Balaban J connectivity index is 2.70. The van der Waals surface area contributed by atoms with Crippen molar-refractivity contribution in [2.24, 2.45) is 10.2 Å². The van der Waals surface area contributed by atoms with Gasteiger partial charge in [-0.1, -0.05) is 12.2 Å². The van der Waals surface area contributed by atoms with Crippen LogP contribution in [-0.2, 0) is 0 Å². The van der Waals surface area contributed by atoms with Gasteiger partial charge in [-0.05, 0) is 12.1 Å². The number of hydrogen-bond acceptors (Lipinski definition) is 3. The van der Waals surface area contributed by atoms with E-state index in [1.54, 1.807) is 6.20 Å². The van der Waals surface area contributed by atoms with Crippen LogP contribution in [0.4, 0.5) is 5.69 Å². The molecule has 0 atom stereocenters. The number of nitrogens with zero attached hydrogens (tertiary/aromatic N) is 3. The lowest BCUT2D eigenvalue weighted by molar-refractivity contribution is 1.29. The van der Waals surface area contributed by atoms with Gasteiger partial charge in [0.05, 0.1) is 0 Å². The van der Waals surface area contributed by atoms with Gasteiger partial charge < -0.3 is 0 Å². The fourth-order valence-electron chi connectivity index (χ4n) is 0.789. The van der Waals surface area contributed by atoms with E-state index in [2.05, 4.69) is 15.2 Å². The van der Waals surface area contributed by atoms with Crippen LogP contribution >= 0.6 is 12.2 Å². The third kappa shape index (κ3) is 0.657. The van der Waals surface area contributed by atoms with Crippen molar-refractivity contribution in [3.05, 3.63) is 24.0 Å². The van der Waals surface area contributed by atoms with E-state index in [0.717, 1.165) is 11.4 Å². The van der Waals surface area contributed by atoms with Gasteiger partial charge in [-0.25, -0.2) is 0 Å². The molecule has 10 heavy (non-hydrogen) atoms. The first-order valence-electron chi connectivity index (χ1n) is 2.79. The average molecular weight is 149 g/mol. The first-order valence-corrected chi connectivity index (χ1v) is 3.20. The Labute approximate surface area is 62.8 Å². The number of azo groups is 1. The minimum absolute atomic E-state index is 0.482. The molecule has 0 saturated carbocycles. The lowest BCUT2D eigenvalue weighted by atomic mass is 10.3. The molecule has 1 aromatic rings. The van der Waals surface area contributed by atoms with Gasteiger partial charge in [0, 0.05) is 6.20 Å². The molecular formula is C6H3N3S. The van der Waals surface area contributed by atoms with Crippen molar-refractivity contribution in [2.45, 2.75) is 0 Å². The molecule has 0 N–H and O–H groups in total. The molecule has 0 saturated heterocycles. The predicted octanol–water partition coefficient (Wildman–Crippen LogP) is 1.85. The second-order valence-electron chi connectivity index (χ2n) is 1.88. The van der Waals surface area contributed by atoms with Crippen molar-refractivity contribution in [1.82, 2.24) is 4.98 Å². The number of fused-ring (bicyclic) bond motifs is 1. The van der Waals surface area contributed by atoms with Crippen LogP contribution in [0.25, 0.3) is 0 Å². The van der Waals surface area contributed by atoms with Gasteiger partial charge in [-0.2, -0.15) is 0 Å². The lowest BCUT2D eigenvalue weighted by Gasteiger charge is -1.88. The first-order chi connectivity index (χ1) is 4.88. The van der Waals surface area contributed by atoms with E-state index in [4.69, 9.17) is 12.2 Å². The Hall–Kier alpha value is -1.16. The lowest BCUT2D eigenvalue weighted by Crippen LogP contribution is -1.89. The van der Waals surface area contributed by atoms with E-state index in [9.17, 15) is 0 Å². The summed E-state index contributed by atoms with van der Waals surface area (Å²) in [5.74, 6) is 0. The van der Waals surface area contributed by atoms with Crippen LogP contribution in [0, 0.1) is 0 Å². The monoisotopic (exact) mass is 149 g/mol. The topological polar surface area (TPSA) is 37.6 Å². The molecule has 0 radical (unpaired) electrons. The summed E-state index contributed by atoms with van der Waals surface area (Å²) in [7, 11) is 0. The van der Waals surface area contributed by atoms with Crippen LogP contribution < -0.4 is 0 Å². The molecule has 3 nitrogen and oxygen atoms in total. The summed E-state index contributed by atoms with van der Waals surface area (Å²) in [6.07, 6.45) is 1.68. The van der Waals surface area contributed by atoms with Crippen molar-refractivity contribution in [1.29, 1.82) is 0 Å². The Morgan fingerprint density at radius 1 is 1.30 bits per heavy atom. The predicted molar refractivity (Wildman–Crippen MR) is 40.5 cm³/mol. The third-order valence-electron chi connectivity index (χ3n) is 1.24. The summed E-state index contributed by atoms with van der Waals surface area (Å²) in [6, 6.07) is 3.65. The quantitative estimate of drug-likeness (QED) is 0.528. The van der Waals surface area contributed by atoms with E-state index < -0.39 is 0 Å². The SMILES string of the molecule is S=C1N=Nc2cccnc21. The Kier molecular flexibility index (Phi) is 1.07. The molecule has 1 aromatic heterocycles. The zero-order chi connectivity index (χ0) is 6.97. The maximum absolute atomic E-state index is 4.85. The Bertz CT molecular complexity index is 319. The van der Waals surface area contributed by atoms with Crippen LogP contribution in [0.15, 0.2) is 28.6 Å². The van der Waals surface area contributed by atoms with Crippen molar-refractivity contribution in [2.75, 3.05) is 0 Å². The molecule has 0 aliphatic carbocycles. The number of pyridine rings is 1. The molecular weight excluding hydrogens is 146 g/mol. The van der Waals surface area contributed by atoms with Gasteiger partial charge in [-0.15, -0.1) is 10.2 Å². The molecule has 1 aliphatic rings. The van der Waals surface area contributed by atoms with Crippen molar-refractivity contribution < 1.29 is 0 Å². The van der Waals surface area contributed by atoms with Gasteiger partial charge in [0.15, 0.2) is 4.99 Å². The zero-order valence-corrected chi connectivity index (χ0v) is 5.80. The fourth-order valence-corrected chi connectivity index (χ4v) is 0.987. The molecule has 0 amide bonds. The summed E-state index contributed by atoms with van der Waals surface area (Å²) in [6.45, 7) is 0. The fraction of sp³-hybridized carbons (Fsp3) is 0. The second-order valence-corrected chi connectivity index (χ2v) is 2.26. The standard InChI is InChI=1S/C6H3N3S/c10-6-5-4(8-9-6)2-1-3-7-5/h1-3H. The highest BCUT2D eigenvalue weighted by Gasteiger charge is 2.12. The van der Waals surface area contributed by atoms with Crippen LogP contribution in [-0.4, -0.2) is 9.97 Å². The highest BCUT2D eigenvalue weighted by molar-refractivity contribution is 7.80. The van der Waals surface area contributed by atoms with E-state index in [1.165, 1.54) is 0 Å². The number of aromatic nitrogens is 1. The van der Waals surface area contributed by atoms with E-state index in [1.807, 2.05) is 12.1 Å². The molecule has 0 unspecified atom stereocenters. The summed E-state index contributed by atoms with van der Waals surface area (Å²) in [5.41, 5.74) is 1.49. The van der Waals surface area contributed by atoms with Gasteiger partial charge in [0.2, 0.25) is 0 Å². The van der Waals surface area contributed by atoms with Crippen LogP contribution in [0.2, 0.25) is 0 Å². The normalized spacial score (nSPS) is 13.8. The highest BCUT2D eigenvalue weighted by Crippen LogP contribution is 2.23. The zero-order valence-electron chi connectivity index (χ0n) is 4.98. The molecule has 4 heteroatoms. The first kappa shape index (κ1) is 5.61. The average Bonchev–Trinajstić information content (AvgIpc) is 2.34. The highest BCUT2D eigenvalue weighted by atomic mass is 32.1.